The van der Waals surface area contributed by atoms with Crippen LogP contribution in [-0.2, 0) is 33.3 Å². The third-order valence-corrected chi connectivity index (χ3v) is 7.95. The number of carbonyl (C=O) groups is 3. The zero-order valence-electron chi connectivity index (χ0n) is 16.5. The van der Waals surface area contributed by atoms with Crippen LogP contribution in [0.25, 0.3) is 0 Å². The normalized spacial score (nSPS) is 50.3. The van der Waals surface area contributed by atoms with Gasteiger partial charge in [-0.25, -0.2) is 9.59 Å². The monoisotopic (exact) mass is 404 g/mol. The number of hydrogen-bond donors (Lipinski definition) is 1. The summed E-state index contributed by atoms with van der Waals surface area (Å²) in [7, 11) is 1.42. The second-order valence-electron chi connectivity index (χ2n) is 9.25. The molecule has 0 aromatic heterocycles. The zero-order chi connectivity index (χ0) is 20.8. The first-order chi connectivity index (χ1) is 13.6. The van der Waals surface area contributed by atoms with E-state index in [1.807, 2.05) is 13.8 Å². The van der Waals surface area contributed by atoms with Gasteiger partial charge in [-0.1, -0.05) is 13.8 Å². The second kappa shape index (κ2) is 5.70. The molecule has 2 bridgehead atoms. The van der Waals surface area contributed by atoms with Gasteiger partial charge in [0.15, 0.2) is 5.60 Å². The minimum Gasteiger partial charge on any atom is -0.457 e. The van der Waals surface area contributed by atoms with E-state index < -0.39 is 52.8 Å². The van der Waals surface area contributed by atoms with Gasteiger partial charge in [0.25, 0.3) is 0 Å². The second-order valence-corrected chi connectivity index (χ2v) is 9.25. The lowest BCUT2D eigenvalue weighted by molar-refractivity contribution is -0.257. The van der Waals surface area contributed by atoms with Gasteiger partial charge in [0, 0.05) is 18.4 Å². The van der Waals surface area contributed by atoms with Crippen molar-refractivity contribution in [1.82, 2.24) is 0 Å². The molecular formula is C21H24O8. The minimum absolute atomic E-state index is 0.268. The van der Waals surface area contributed by atoms with Crippen LogP contribution in [0, 0.1) is 22.7 Å². The van der Waals surface area contributed by atoms with Gasteiger partial charge in [0.1, 0.15) is 12.2 Å². The van der Waals surface area contributed by atoms with Gasteiger partial charge in [0.2, 0.25) is 6.29 Å². The van der Waals surface area contributed by atoms with Crippen molar-refractivity contribution in [3.05, 3.63) is 23.8 Å². The van der Waals surface area contributed by atoms with Crippen LogP contribution in [0.4, 0.5) is 0 Å². The molecule has 0 spiro atoms. The first-order valence-electron chi connectivity index (χ1n) is 9.93. The molecule has 8 heteroatoms. The summed E-state index contributed by atoms with van der Waals surface area (Å²) in [6.07, 6.45) is 4.07. The average Bonchev–Trinajstić information content (AvgIpc) is 3.03. The van der Waals surface area contributed by atoms with Gasteiger partial charge in [-0.2, -0.15) is 0 Å². The lowest BCUT2D eigenvalue weighted by Gasteiger charge is -2.65. The van der Waals surface area contributed by atoms with Crippen LogP contribution in [-0.4, -0.2) is 54.2 Å². The highest BCUT2D eigenvalue weighted by molar-refractivity contribution is 5.93. The molecule has 6 aliphatic rings. The van der Waals surface area contributed by atoms with E-state index in [2.05, 4.69) is 0 Å². The minimum atomic E-state index is -1.72. The Morgan fingerprint density at radius 1 is 1.17 bits per heavy atom. The van der Waals surface area contributed by atoms with Crippen LogP contribution < -0.4 is 0 Å². The zero-order valence-corrected chi connectivity index (χ0v) is 16.5. The average molecular weight is 404 g/mol. The van der Waals surface area contributed by atoms with Crippen molar-refractivity contribution in [3.8, 4) is 0 Å². The van der Waals surface area contributed by atoms with Crippen LogP contribution in [0.5, 0.6) is 0 Å². The first-order valence-corrected chi connectivity index (χ1v) is 9.93. The number of ether oxygens (including phenoxy) is 4. The van der Waals surface area contributed by atoms with E-state index >= 15 is 0 Å². The largest absolute Gasteiger partial charge is 0.457 e. The summed E-state index contributed by atoms with van der Waals surface area (Å²) in [5.41, 5.74) is -2.85. The van der Waals surface area contributed by atoms with Crippen molar-refractivity contribution in [2.75, 3.05) is 7.11 Å². The molecule has 3 fully saturated rings. The van der Waals surface area contributed by atoms with Crippen LogP contribution in [0.2, 0.25) is 0 Å². The Balaban J connectivity index is 1.56. The Kier molecular flexibility index (Phi) is 3.70. The first kappa shape index (κ1) is 18.8. The Morgan fingerprint density at radius 3 is 2.59 bits per heavy atom. The van der Waals surface area contributed by atoms with Crippen LogP contribution >= 0.6 is 0 Å². The highest BCUT2D eigenvalue weighted by atomic mass is 16.7. The van der Waals surface area contributed by atoms with E-state index in [9.17, 15) is 19.5 Å². The summed E-state index contributed by atoms with van der Waals surface area (Å²) in [4.78, 5) is 37.7. The predicted molar refractivity (Wildman–Crippen MR) is 95.9 cm³/mol. The highest BCUT2D eigenvalue weighted by Gasteiger charge is 2.72. The summed E-state index contributed by atoms with van der Waals surface area (Å²) in [5, 5.41) is 11.2. The van der Waals surface area contributed by atoms with Crippen molar-refractivity contribution in [2.45, 2.75) is 57.2 Å². The van der Waals surface area contributed by atoms with Crippen molar-refractivity contribution in [3.63, 3.8) is 0 Å². The maximum atomic E-state index is 13.0. The summed E-state index contributed by atoms with van der Waals surface area (Å²) < 4.78 is 21.4. The number of methoxy groups -OCH3 is 1. The molecule has 4 heterocycles. The molecule has 4 aliphatic heterocycles. The Morgan fingerprint density at radius 2 is 1.93 bits per heavy atom. The molecule has 1 saturated carbocycles. The predicted octanol–water partition coefficient (Wildman–Crippen LogP) is 1.02. The fraction of sp³-hybridized carbons (Fsp3) is 0.667. The molecule has 2 aliphatic carbocycles. The molecule has 0 aromatic carbocycles. The number of carbonyl (C=O) groups excluding carboxylic acids is 3. The van der Waals surface area contributed by atoms with E-state index in [4.69, 9.17) is 18.9 Å². The Labute approximate surface area is 167 Å². The maximum Gasteiger partial charge on any atom is 0.343 e. The standard InChI is InChI=1S/C21H24O8/c1-19-9-13(10-8-14(26-3)29-16(10)22)27-17(23)11(19)4-6-20(2)15(19)12-5-7-21(20,25)18(24)28-12/h5,7-8,11-15,25H,4,6,9H2,1-3H3/t11-,12+,13+,14+,15-,19+,20+,21-/m0/s1. The molecule has 8 nitrogen and oxygen atoms in total. The van der Waals surface area contributed by atoms with Crippen LogP contribution in [0.1, 0.15) is 33.1 Å². The van der Waals surface area contributed by atoms with Crippen molar-refractivity contribution in [1.29, 1.82) is 0 Å². The topological polar surface area (TPSA) is 108 Å². The third kappa shape index (κ3) is 2.19. The summed E-state index contributed by atoms with van der Waals surface area (Å²) >= 11 is 0. The number of cyclic esters (lactones) is 2. The van der Waals surface area contributed by atoms with Gasteiger partial charge in [-0.3, -0.25) is 4.79 Å². The van der Waals surface area contributed by atoms with Gasteiger partial charge in [-0.15, -0.1) is 0 Å². The summed E-state index contributed by atoms with van der Waals surface area (Å²) in [6.45, 7) is 3.88. The van der Waals surface area contributed by atoms with Crippen LogP contribution in [0.15, 0.2) is 23.8 Å². The number of hydrogen-bond acceptors (Lipinski definition) is 8. The van der Waals surface area contributed by atoms with Gasteiger partial charge in [0.05, 0.1) is 11.5 Å². The van der Waals surface area contributed by atoms with E-state index in [1.165, 1.54) is 13.2 Å². The molecule has 0 unspecified atom stereocenters. The fourth-order valence-corrected chi connectivity index (χ4v) is 6.47. The van der Waals surface area contributed by atoms with E-state index in [0.29, 0.717) is 19.3 Å². The molecule has 1 N–H and O–H groups in total. The Bertz CT molecular complexity index is 876. The maximum absolute atomic E-state index is 13.0. The van der Waals surface area contributed by atoms with Crippen molar-refractivity contribution in [2.24, 2.45) is 22.7 Å². The van der Waals surface area contributed by atoms with Crippen molar-refractivity contribution >= 4 is 17.9 Å². The van der Waals surface area contributed by atoms with Gasteiger partial charge < -0.3 is 24.1 Å². The molecule has 0 amide bonds. The van der Waals surface area contributed by atoms with Gasteiger partial charge in [-0.05, 0) is 42.9 Å². The molecule has 6 rings (SSSR count). The smallest absolute Gasteiger partial charge is 0.343 e. The lowest BCUT2D eigenvalue weighted by atomic mass is 9.42. The molecule has 0 radical (unpaired) electrons. The van der Waals surface area contributed by atoms with Gasteiger partial charge >= 0.3 is 17.9 Å². The van der Waals surface area contributed by atoms with E-state index in [0.717, 1.165) is 0 Å². The number of rotatable bonds is 2. The molecule has 0 aromatic rings. The number of fused-ring (bicyclic) bond motifs is 2. The van der Waals surface area contributed by atoms with E-state index in [-0.39, 0.29) is 17.5 Å². The summed E-state index contributed by atoms with van der Waals surface area (Å²) in [6, 6.07) is 0. The van der Waals surface area contributed by atoms with Crippen molar-refractivity contribution < 1.29 is 38.4 Å². The Hall–Kier alpha value is -2.19. The number of esters is 3. The fourth-order valence-electron chi connectivity index (χ4n) is 6.47. The number of aliphatic hydroxyl groups is 1. The quantitative estimate of drug-likeness (QED) is 0.413. The highest BCUT2D eigenvalue weighted by Crippen LogP contribution is 2.67. The third-order valence-electron chi connectivity index (χ3n) is 7.95. The SMILES string of the molecule is CO[C@H]1C=C([C@H]2C[C@]3(C)[C@@H](CC[C@]4(C)[C@H]3[C@H]3C=C[C@]4(O)C(=O)O3)C(=O)O2)C(=O)O1. The lowest BCUT2D eigenvalue weighted by Crippen LogP contribution is -2.72. The molecule has 8 atom stereocenters. The molecule has 2 saturated heterocycles. The van der Waals surface area contributed by atoms with E-state index in [1.54, 1.807) is 12.2 Å². The molecule has 29 heavy (non-hydrogen) atoms. The summed E-state index contributed by atoms with van der Waals surface area (Å²) in [5.74, 6) is -2.25. The molecular weight excluding hydrogens is 380 g/mol. The van der Waals surface area contributed by atoms with Crippen LogP contribution in [0.3, 0.4) is 0 Å². The molecule has 156 valence electrons.